The summed E-state index contributed by atoms with van der Waals surface area (Å²) in [6.07, 6.45) is 2.06. The number of carbonyl (C=O) groups is 1. The quantitative estimate of drug-likeness (QED) is 0.731. The number of hydrogen-bond donors (Lipinski definition) is 2. The second-order valence-corrected chi connectivity index (χ2v) is 6.32. The topological polar surface area (TPSA) is 96.3 Å². The van der Waals surface area contributed by atoms with Crippen LogP contribution >= 0.6 is 0 Å². The monoisotopic (exact) mass is 353 g/mol. The van der Waals surface area contributed by atoms with Crippen LogP contribution in [0.5, 0.6) is 5.75 Å². The minimum absolute atomic E-state index is 0.212. The lowest BCUT2D eigenvalue weighted by atomic mass is 10.1. The Morgan fingerprint density at radius 1 is 1.31 bits per heavy atom. The Morgan fingerprint density at radius 2 is 2.12 bits per heavy atom. The molecule has 0 aliphatic carbocycles. The highest BCUT2D eigenvalue weighted by atomic mass is 16.5. The van der Waals surface area contributed by atoms with Gasteiger partial charge in [0.15, 0.2) is 5.75 Å². The lowest BCUT2D eigenvalue weighted by Crippen LogP contribution is -2.31. The Labute approximate surface area is 150 Å². The van der Waals surface area contributed by atoms with Gasteiger partial charge in [0, 0.05) is 12.6 Å². The molecule has 2 atom stereocenters. The molecule has 3 heterocycles. The third-order valence-electron chi connectivity index (χ3n) is 4.37. The zero-order chi connectivity index (χ0) is 18.1. The number of likely N-dealkylation sites (tertiary alicyclic amines) is 1. The molecule has 2 aromatic heterocycles. The van der Waals surface area contributed by atoms with Crippen molar-refractivity contribution in [1.82, 2.24) is 24.9 Å². The van der Waals surface area contributed by atoms with Gasteiger partial charge in [0.05, 0.1) is 31.2 Å². The summed E-state index contributed by atoms with van der Waals surface area (Å²) in [7, 11) is 1.79. The summed E-state index contributed by atoms with van der Waals surface area (Å²) >= 11 is 0. The summed E-state index contributed by atoms with van der Waals surface area (Å²) in [5, 5.41) is 21.3. The van der Waals surface area contributed by atoms with Gasteiger partial charge in [-0.25, -0.2) is 0 Å². The van der Waals surface area contributed by atoms with Gasteiger partial charge in [-0.15, -0.1) is 0 Å². The molecule has 1 aliphatic rings. The summed E-state index contributed by atoms with van der Waals surface area (Å²) in [6.45, 7) is 0.512. The molecule has 1 aliphatic heterocycles. The lowest BCUT2D eigenvalue weighted by Gasteiger charge is -2.15. The Morgan fingerprint density at radius 3 is 2.85 bits per heavy atom. The van der Waals surface area contributed by atoms with Crippen LogP contribution in [0.1, 0.15) is 10.5 Å². The van der Waals surface area contributed by atoms with Crippen LogP contribution < -0.4 is 4.74 Å². The van der Waals surface area contributed by atoms with E-state index in [0.29, 0.717) is 23.7 Å². The number of rotatable bonds is 4. The number of nitrogens with zero attached hydrogens (tertiary/aromatic N) is 4. The molecule has 1 aromatic carbocycles. The number of aromatic amines is 1. The average Bonchev–Trinajstić information content (AvgIpc) is 3.37. The van der Waals surface area contributed by atoms with E-state index in [1.807, 2.05) is 30.3 Å². The summed E-state index contributed by atoms with van der Waals surface area (Å²) in [5.74, 6) is 0.356. The predicted molar refractivity (Wildman–Crippen MR) is 93.6 cm³/mol. The Kier molecular flexibility index (Phi) is 4.18. The van der Waals surface area contributed by atoms with Gasteiger partial charge < -0.3 is 14.7 Å². The van der Waals surface area contributed by atoms with Crippen LogP contribution in [0.3, 0.4) is 0 Å². The molecular formula is C18H19N5O3. The summed E-state index contributed by atoms with van der Waals surface area (Å²) in [5.41, 5.74) is 2.02. The maximum Gasteiger partial charge on any atom is 0.272 e. The number of aliphatic hydroxyl groups excluding tert-OH is 1. The van der Waals surface area contributed by atoms with Crippen molar-refractivity contribution in [2.24, 2.45) is 7.05 Å². The molecule has 1 saturated heterocycles. The first-order valence-corrected chi connectivity index (χ1v) is 8.33. The largest absolute Gasteiger partial charge is 0.482 e. The molecular weight excluding hydrogens is 334 g/mol. The number of nitrogens with one attached hydrogen (secondary N) is 1. The third-order valence-corrected chi connectivity index (χ3v) is 4.37. The SMILES string of the molecule is Cn1cc(O[C@@H]2CN(C(=O)c3cc(-c4ccccc4)n[nH]3)C[C@H]2O)cn1. The third kappa shape index (κ3) is 3.18. The van der Waals surface area contributed by atoms with E-state index in [9.17, 15) is 9.90 Å². The van der Waals surface area contributed by atoms with Gasteiger partial charge in [0.1, 0.15) is 17.9 Å². The first-order valence-electron chi connectivity index (χ1n) is 8.33. The molecule has 0 unspecified atom stereocenters. The van der Waals surface area contributed by atoms with E-state index in [1.165, 1.54) is 0 Å². The van der Waals surface area contributed by atoms with Crippen molar-refractivity contribution >= 4 is 5.91 Å². The van der Waals surface area contributed by atoms with E-state index in [4.69, 9.17) is 4.74 Å². The molecule has 0 bridgehead atoms. The predicted octanol–water partition coefficient (Wildman–Crippen LogP) is 1.07. The Bertz CT molecular complexity index is 904. The van der Waals surface area contributed by atoms with Crippen LogP contribution in [0.25, 0.3) is 11.3 Å². The maximum atomic E-state index is 12.7. The van der Waals surface area contributed by atoms with Crippen molar-refractivity contribution in [3.05, 3.63) is 54.5 Å². The minimum Gasteiger partial charge on any atom is -0.482 e. The number of hydrogen-bond acceptors (Lipinski definition) is 5. The average molecular weight is 353 g/mol. The fourth-order valence-electron chi connectivity index (χ4n) is 3.03. The Hall–Kier alpha value is -3.13. The fourth-order valence-corrected chi connectivity index (χ4v) is 3.03. The standard InChI is InChI=1S/C18H19N5O3/c1-22-9-13(8-19-22)26-17-11-23(10-16(17)24)18(25)15-7-14(20-21-15)12-5-3-2-4-6-12/h2-9,16-17,24H,10-11H2,1H3,(H,20,21)/t16-,17-/m1/s1. The number of aryl methyl sites for hydroxylation is 1. The van der Waals surface area contributed by atoms with Gasteiger partial charge >= 0.3 is 0 Å². The maximum absolute atomic E-state index is 12.7. The molecule has 0 spiro atoms. The molecule has 0 radical (unpaired) electrons. The number of ether oxygens (including phenoxy) is 1. The molecule has 0 saturated carbocycles. The van der Waals surface area contributed by atoms with Gasteiger partial charge in [-0.3, -0.25) is 14.6 Å². The number of aliphatic hydroxyl groups is 1. The number of amides is 1. The molecule has 4 rings (SSSR count). The van der Waals surface area contributed by atoms with E-state index in [1.54, 1.807) is 35.1 Å². The molecule has 26 heavy (non-hydrogen) atoms. The molecule has 8 heteroatoms. The van der Waals surface area contributed by atoms with E-state index >= 15 is 0 Å². The van der Waals surface area contributed by atoms with Crippen molar-refractivity contribution in [3.63, 3.8) is 0 Å². The molecule has 134 valence electrons. The van der Waals surface area contributed by atoms with Crippen LogP contribution in [0.4, 0.5) is 0 Å². The van der Waals surface area contributed by atoms with Crippen molar-refractivity contribution in [2.45, 2.75) is 12.2 Å². The highest BCUT2D eigenvalue weighted by Gasteiger charge is 2.36. The first kappa shape index (κ1) is 16.3. The number of H-pyrrole nitrogens is 1. The van der Waals surface area contributed by atoms with Crippen LogP contribution in [0, 0.1) is 0 Å². The van der Waals surface area contributed by atoms with E-state index in [2.05, 4.69) is 15.3 Å². The van der Waals surface area contributed by atoms with Crippen LogP contribution in [0.15, 0.2) is 48.8 Å². The molecule has 3 aromatic rings. The fraction of sp³-hybridized carbons (Fsp3) is 0.278. The van der Waals surface area contributed by atoms with E-state index < -0.39 is 12.2 Å². The molecule has 8 nitrogen and oxygen atoms in total. The minimum atomic E-state index is -0.754. The zero-order valence-corrected chi connectivity index (χ0v) is 14.2. The second kappa shape index (κ2) is 6.64. The highest BCUT2D eigenvalue weighted by molar-refractivity contribution is 5.93. The zero-order valence-electron chi connectivity index (χ0n) is 14.2. The lowest BCUT2D eigenvalue weighted by molar-refractivity contribution is 0.0728. The molecule has 1 fully saturated rings. The second-order valence-electron chi connectivity index (χ2n) is 6.32. The van der Waals surface area contributed by atoms with Gasteiger partial charge in [-0.05, 0) is 6.07 Å². The van der Waals surface area contributed by atoms with Crippen LogP contribution in [-0.4, -0.2) is 61.2 Å². The van der Waals surface area contributed by atoms with Gasteiger partial charge in [-0.2, -0.15) is 10.2 Å². The van der Waals surface area contributed by atoms with Crippen molar-refractivity contribution < 1.29 is 14.6 Å². The van der Waals surface area contributed by atoms with Gasteiger partial charge in [0.2, 0.25) is 0 Å². The van der Waals surface area contributed by atoms with Crippen molar-refractivity contribution in [3.8, 4) is 17.0 Å². The first-order chi connectivity index (χ1) is 12.6. The van der Waals surface area contributed by atoms with Gasteiger partial charge in [-0.1, -0.05) is 30.3 Å². The van der Waals surface area contributed by atoms with E-state index in [-0.39, 0.29) is 12.5 Å². The Balaban J connectivity index is 1.45. The number of aromatic nitrogens is 4. The van der Waals surface area contributed by atoms with Crippen molar-refractivity contribution in [1.29, 1.82) is 0 Å². The molecule has 1 amide bonds. The highest BCUT2D eigenvalue weighted by Crippen LogP contribution is 2.21. The summed E-state index contributed by atoms with van der Waals surface area (Å²) < 4.78 is 7.37. The normalized spacial score (nSPS) is 19.7. The summed E-state index contributed by atoms with van der Waals surface area (Å²) in [4.78, 5) is 14.3. The summed E-state index contributed by atoms with van der Waals surface area (Å²) in [6, 6.07) is 11.4. The van der Waals surface area contributed by atoms with Crippen LogP contribution in [-0.2, 0) is 7.05 Å². The number of benzene rings is 1. The van der Waals surface area contributed by atoms with E-state index in [0.717, 1.165) is 5.56 Å². The number of β-amino-alcohol motifs (C(OH)–C–C–N with tert-alkyl or cyclic N) is 1. The van der Waals surface area contributed by atoms with Crippen LogP contribution in [0.2, 0.25) is 0 Å². The smallest absolute Gasteiger partial charge is 0.272 e. The van der Waals surface area contributed by atoms with Crippen molar-refractivity contribution in [2.75, 3.05) is 13.1 Å². The molecule has 2 N–H and O–H groups in total. The van der Waals surface area contributed by atoms with Gasteiger partial charge in [0.25, 0.3) is 5.91 Å². The number of carbonyl (C=O) groups excluding carboxylic acids is 1.